The summed E-state index contributed by atoms with van der Waals surface area (Å²) in [5.74, 6) is -7.13. The van der Waals surface area contributed by atoms with Crippen LogP contribution in [0.2, 0.25) is 0 Å². The number of carbonyl (C=O) groups is 7. The lowest BCUT2D eigenvalue weighted by atomic mass is 9.44. The number of aliphatic hydroxyl groups excluding tert-OH is 2. The van der Waals surface area contributed by atoms with Gasteiger partial charge in [-0.3, -0.25) is 24.6 Å². The number of alkyl carbamates (subject to hydrolysis) is 1. The van der Waals surface area contributed by atoms with Crippen molar-refractivity contribution in [2.24, 2.45) is 16.7 Å². The van der Waals surface area contributed by atoms with E-state index in [-0.39, 0.29) is 41.7 Å². The Balaban J connectivity index is 1.32. The lowest BCUT2D eigenvalue weighted by Crippen LogP contribution is -2.81. The van der Waals surface area contributed by atoms with Gasteiger partial charge in [0.2, 0.25) is 12.0 Å². The molecule has 2 saturated heterocycles. The van der Waals surface area contributed by atoms with Gasteiger partial charge in [0.05, 0.1) is 49.2 Å². The van der Waals surface area contributed by atoms with Gasteiger partial charge in [-0.05, 0) is 63.5 Å². The molecule has 0 aromatic heterocycles. The predicted molar refractivity (Wildman–Crippen MR) is 247 cm³/mol. The van der Waals surface area contributed by atoms with Crippen LogP contribution < -0.4 is 10.7 Å². The van der Waals surface area contributed by atoms with Crippen LogP contribution in [0.3, 0.4) is 0 Å². The summed E-state index contributed by atoms with van der Waals surface area (Å²) >= 11 is 0. The minimum atomic E-state index is -2.46. The first-order chi connectivity index (χ1) is 33.3. The third kappa shape index (κ3) is 10.3. The molecule has 20 nitrogen and oxygen atoms in total. The minimum Gasteiger partial charge on any atom is -0.455 e. The Morgan fingerprint density at radius 3 is 2.14 bits per heavy atom. The van der Waals surface area contributed by atoms with Crippen LogP contribution in [0.25, 0.3) is 0 Å². The fourth-order valence-corrected chi connectivity index (χ4v) is 11.0. The van der Waals surface area contributed by atoms with Crippen LogP contribution in [-0.2, 0) is 57.1 Å². The standard InChI is InChI=1S/C51H65N3O17/c1-28-32(67-45(62)40(68-36(58)20-19-35(57)53-54-21-23-65-24-22-54)38(30-15-11-9-12-16-30)52-46(63)71-47(3,4)5)26-51(64)43(69-44(61)31-17-13-10-14-18-31)41-49(8,42(60)39(59)37(28)48(51,6)7)33(56)25-34-50(41,27-66-34)70-29(2)55/h9-18,32-34,38-41,43,56,59,64H,19-27H2,1-8H3,(H,52,63)(H,53,57)/t32-,33-,34+,38-,39+,40+,41-,43-,49+,50-,51+/m0/s1. The molecule has 7 rings (SSSR count). The Hall–Kier alpha value is -5.77. The largest absolute Gasteiger partial charge is 0.455 e. The van der Waals surface area contributed by atoms with Crippen molar-refractivity contribution >= 4 is 41.7 Å². The maximum absolute atomic E-state index is 15.2. The first-order valence-electron chi connectivity index (χ1n) is 23.8. The Bertz CT molecular complexity index is 2400. The quantitative estimate of drug-likeness (QED) is 0.110. The summed E-state index contributed by atoms with van der Waals surface area (Å²) in [5.41, 5.74) is -6.09. The van der Waals surface area contributed by atoms with Gasteiger partial charge < -0.3 is 53.8 Å². The summed E-state index contributed by atoms with van der Waals surface area (Å²) < 4.78 is 41.4. The molecule has 20 heteroatoms. The number of hydrogen-bond donors (Lipinski definition) is 5. The van der Waals surface area contributed by atoms with Crippen LogP contribution in [0, 0.1) is 16.7 Å². The number of hydrazine groups is 1. The number of hydrogen-bond acceptors (Lipinski definition) is 18. The molecule has 5 aliphatic rings. The highest BCUT2D eigenvalue weighted by molar-refractivity contribution is 5.94. The Labute approximate surface area is 411 Å². The van der Waals surface area contributed by atoms with Crippen molar-refractivity contribution < 1.29 is 82.0 Å². The third-order valence-corrected chi connectivity index (χ3v) is 14.7. The third-order valence-electron chi connectivity index (χ3n) is 14.7. The van der Waals surface area contributed by atoms with Crippen molar-refractivity contribution in [1.29, 1.82) is 0 Å². The topological polar surface area (TPSA) is 272 Å². The van der Waals surface area contributed by atoms with E-state index in [1.807, 2.05) is 0 Å². The van der Waals surface area contributed by atoms with E-state index >= 15 is 9.59 Å². The molecule has 3 aliphatic carbocycles. The molecule has 2 aliphatic heterocycles. The van der Waals surface area contributed by atoms with Crippen molar-refractivity contribution in [3.05, 3.63) is 82.9 Å². The number of esters is 4. The monoisotopic (exact) mass is 991 g/mol. The summed E-state index contributed by atoms with van der Waals surface area (Å²) in [5, 5.41) is 42.5. The van der Waals surface area contributed by atoms with Gasteiger partial charge in [-0.2, -0.15) is 0 Å². The van der Waals surface area contributed by atoms with E-state index in [1.165, 1.54) is 39.8 Å². The van der Waals surface area contributed by atoms with Crippen LogP contribution in [0.5, 0.6) is 0 Å². The van der Waals surface area contributed by atoms with Gasteiger partial charge in [0.25, 0.3) is 0 Å². The molecule has 5 N–H and O–H groups in total. The average molecular weight is 992 g/mol. The second-order valence-corrected chi connectivity index (χ2v) is 20.7. The fourth-order valence-electron chi connectivity index (χ4n) is 11.0. The zero-order valence-electron chi connectivity index (χ0n) is 41.3. The van der Waals surface area contributed by atoms with Crippen molar-refractivity contribution in [2.45, 2.75) is 141 Å². The SMILES string of the molecule is CC(=O)O[C@@]12CO[C@@H]1C[C@H](O)[C@@]1(C)C(=O)[C@H](O)C3=C(C)[C@@H](OC(=O)[C@H](OC(=O)CCC(=O)NN4CCOCC4)[C@@H](NC(=O)OC(C)(C)C)c4ccccc4)C[C@@](O)([C@@H](OC(=O)c4ccccc4)[C@H]21)C3(C)C. The lowest BCUT2D eigenvalue weighted by molar-refractivity contribution is -0.346. The summed E-state index contributed by atoms with van der Waals surface area (Å²) in [6, 6.07) is 14.3. The van der Waals surface area contributed by atoms with Gasteiger partial charge in [-0.1, -0.05) is 62.4 Å². The second-order valence-electron chi connectivity index (χ2n) is 20.7. The molecule has 386 valence electrons. The van der Waals surface area contributed by atoms with Crippen LogP contribution in [0.4, 0.5) is 4.79 Å². The number of rotatable bonds is 13. The maximum atomic E-state index is 15.2. The normalized spacial score (nSPS) is 31.1. The number of nitrogens with one attached hydrogen (secondary N) is 2. The van der Waals surface area contributed by atoms with Crippen molar-refractivity contribution in [3.63, 3.8) is 0 Å². The summed E-state index contributed by atoms with van der Waals surface area (Å²) in [7, 11) is 0. The van der Waals surface area contributed by atoms with Gasteiger partial charge in [0.15, 0.2) is 11.4 Å². The Morgan fingerprint density at radius 1 is 0.915 bits per heavy atom. The first-order valence-corrected chi connectivity index (χ1v) is 23.8. The molecule has 0 unspecified atom stereocenters. The Morgan fingerprint density at radius 2 is 1.55 bits per heavy atom. The van der Waals surface area contributed by atoms with E-state index in [9.17, 15) is 39.3 Å². The molecule has 2 aromatic carbocycles. The van der Waals surface area contributed by atoms with E-state index in [1.54, 1.807) is 74.3 Å². The molecule has 2 aromatic rings. The van der Waals surface area contributed by atoms with Crippen LogP contribution in [0.1, 0.15) is 103 Å². The number of nitrogens with zero attached hydrogens (tertiary/aromatic N) is 1. The zero-order chi connectivity index (χ0) is 51.8. The van der Waals surface area contributed by atoms with Gasteiger partial charge in [-0.25, -0.2) is 19.4 Å². The molecule has 2 heterocycles. The van der Waals surface area contributed by atoms with Gasteiger partial charge in [-0.15, -0.1) is 0 Å². The zero-order valence-corrected chi connectivity index (χ0v) is 41.3. The van der Waals surface area contributed by atoms with Gasteiger partial charge >= 0.3 is 30.0 Å². The van der Waals surface area contributed by atoms with Crippen LogP contribution in [0.15, 0.2) is 71.8 Å². The van der Waals surface area contributed by atoms with E-state index in [4.69, 9.17) is 33.2 Å². The number of amides is 2. The highest BCUT2D eigenvalue weighted by Gasteiger charge is 2.78. The molecule has 4 fully saturated rings. The number of aliphatic hydroxyl groups is 3. The molecule has 2 bridgehead atoms. The molecule has 0 radical (unpaired) electrons. The number of ketones is 1. The number of benzene rings is 2. The molecular formula is C51H65N3O17. The van der Waals surface area contributed by atoms with E-state index < -0.39 is 131 Å². The van der Waals surface area contributed by atoms with Crippen molar-refractivity contribution in [3.8, 4) is 0 Å². The summed E-state index contributed by atoms with van der Waals surface area (Å²) in [4.78, 5) is 98.0. The minimum absolute atomic E-state index is 0.0433. The highest BCUT2D eigenvalue weighted by Crippen LogP contribution is 2.64. The number of morpholine rings is 1. The summed E-state index contributed by atoms with van der Waals surface area (Å²) in [6.45, 7) is 13.2. The van der Waals surface area contributed by atoms with Crippen molar-refractivity contribution in [1.82, 2.24) is 15.8 Å². The maximum Gasteiger partial charge on any atom is 0.408 e. The second kappa shape index (κ2) is 20.4. The van der Waals surface area contributed by atoms with E-state index in [0.29, 0.717) is 26.3 Å². The van der Waals surface area contributed by atoms with Gasteiger partial charge in [0.1, 0.15) is 41.7 Å². The highest BCUT2D eigenvalue weighted by atomic mass is 16.6. The Kier molecular flexibility index (Phi) is 15.2. The average Bonchev–Trinajstić information content (AvgIpc) is 3.30. The number of Topliss-reactive ketones (excluding diaryl/α,β-unsaturated/α-hetero) is 1. The fraction of sp³-hybridized carbons (Fsp3) is 0.588. The number of ether oxygens (including phenoxy) is 7. The molecule has 71 heavy (non-hydrogen) atoms. The summed E-state index contributed by atoms with van der Waals surface area (Å²) in [6.07, 6.45) is -12.9. The molecular weight excluding hydrogens is 927 g/mol. The smallest absolute Gasteiger partial charge is 0.408 e. The van der Waals surface area contributed by atoms with Crippen molar-refractivity contribution in [2.75, 3.05) is 32.9 Å². The van der Waals surface area contributed by atoms with Crippen LogP contribution in [-0.4, -0.2) is 148 Å². The van der Waals surface area contributed by atoms with Crippen LogP contribution >= 0.6 is 0 Å². The van der Waals surface area contributed by atoms with E-state index in [0.717, 1.165) is 6.92 Å². The number of fused-ring (bicyclic) bond motifs is 5. The molecule has 0 spiro atoms. The lowest BCUT2D eigenvalue weighted by Gasteiger charge is -2.67. The molecule has 2 amide bonds. The van der Waals surface area contributed by atoms with E-state index in [2.05, 4.69) is 10.7 Å². The van der Waals surface area contributed by atoms with Gasteiger partial charge in [0, 0.05) is 44.7 Å². The predicted octanol–water partition coefficient (Wildman–Crippen LogP) is 2.95. The molecule has 2 saturated carbocycles. The molecule has 11 atom stereocenters. The first kappa shape index (κ1) is 53.0. The number of carbonyl (C=O) groups excluding carboxylic acids is 7.